The number of carbonyl (C=O) groups is 1. The van der Waals surface area contributed by atoms with Gasteiger partial charge in [0.25, 0.3) is 0 Å². The summed E-state index contributed by atoms with van der Waals surface area (Å²) < 4.78 is 5.71. The van der Waals surface area contributed by atoms with E-state index in [0.29, 0.717) is 23.4 Å². The van der Waals surface area contributed by atoms with E-state index in [9.17, 15) is 4.79 Å². The Bertz CT molecular complexity index is 788. The first-order valence-electron chi connectivity index (χ1n) is 6.39. The summed E-state index contributed by atoms with van der Waals surface area (Å²) in [6.07, 6.45) is 1.37. The third-order valence-electron chi connectivity index (χ3n) is 3.07. The van der Waals surface area contributed by atoms with E-state index < -0.39 is 5.97 Å². The van der Waals surface area contributed by atoms with Crippen LogP contribution in [-0.2, 0) is 6.61 Å². The van der Waals surface area contributed by atoms with Gasteiger partial charge in [-0.3, -0.25) is 0 Å². The molecule has 21 heavy (non-hydrogen) atoms. The molecule has 104 valence electrons. The molecule has 1 aromatic heterocycles. The molecule has 0 saturated heterocycles. The Balaban J connectivity index is 1.90. The second-order valence-corrected chi connectivity index (χ2v) is 4.49. The number of rotatable bonds is 4. The van der Waals surface area contributed by atoms with Gasteiger partial charge < -0.3 is 9.84 Å². The van der Waals surface area contributed by atoms with E-state index in [2.05, 4.69) is 9.97 Å². The van der Waals surface area contributed by atoms with Crippen LogP contribution >= 0.6 is 0 Å². The van der Waals surface area contributed by atoms with Gasteiger partial charge in [0.2, 0.25) is 5.88 Å². The van der Waals surface area contributed by atoms with Crippen molar-refractivity contribution >= 4 is 16.9 Å². The first-order chi connectivity index (χ1) is 10.2. The molecule has 0 unspecified atom stereocenters. The van der Waals surface area contributed by atoms with Crippen molar-refractivity contribution in [2.75, 3.05) is 0 Å². The highest BCUT2D eigenvalue weighted by molar-refractivity contribution is 5.94. The minimum absolute atomic E-state index is 0.190. The maximum Gasteiger partial charge on any atom is 0.335 e. The minimum Gasteiger partial charge on any atom is -0.478 e. The van der Waals surface area contributed by atoms with Gasteiger partial charge >= 0.3 is 5.97 Å². The number of hydrogen-bond acceptors (Lipinski definition) is 4. The number of ether oxygens (including phenoxy) is 1. The number of benzene rings is 2. The number of carboxylic acid groups (broad SMARTS) is 1. The molecule has 5 nitrogen and oxygen atoms in total. The van der Waals surface area contributed by atoms with E-state index >= 15 is 0 Å². The van der Waals surface area contributed by atoms with Crippen molar-refractivity contribution < 1.29 is 14.6 Å². The standard InChI is InChI=1S/C16H12N2O3/c19-16(20)12-6-7-13-14(8-12)17-10-18-15(13)21-9-11-4-2-1-3-5-11/h1-8,10H,9H2,(H,19,20). The number of aromatic carboxylic acids is 1. The van der Waals surface area contributed by atoms with Gasteiger partial charge in [0.05, 0.1) is 16.5 Å². The Morgan fingerprint density at radius 3 is 2.67 bits per heavy atom. The van der Waals surface area contributed by atoms with E-state index in [4.69, 9.17) is 9.84 Å². The molecule has 0 atom stereocenters. The molecule has 0 aliphatic rings. The average Bonchev–Trinajstić information content (AvgIpc) is 2.53. The number of hydrogen-bond donors (Lipinski definition) is 1. The molecule has 1 heterocycles. The zero-order valence-corrected chi connectivity index (χ0v) is 11.1. The van der Waals surface area contributed by atoms with Crippen molar-refractivity contribution in [2.24, 2.45) is 0 Å². The van der Waals surface area contributed by atoms with Crippen molar-refractivity contribution in [1.82, 2.24) is 9.97 Å². The molecular formula is C16H12N2O3. The van der Waals surface area contributed by atoms with Crippen LogP contribution in [0.3, 0.4) is 0 Å². The zero-order valence-electron chi connectivity index (χ0n) is 11.1. The smallest absolute Gasteiger partial charge is 0.335 e. The topological polar surface area (TPSA) is 72.3 Å². The Labute approximate surface area is 120 Å². The van der Waals surface area contributed by atoms with E-state index in [0.717, 1.165) is 5.56 Å². The van der Waals surface area contributed by atoms with E-state index in [-0.39, 0.29) is 5.56 Å². The number of nitrogens with zero attached hydrogens (tertiary/aromatic N) is 2. The molecule has 0 radical (unpaired) electrons. The number of aromatic nitrogens is 2. The highest BCUT2D eigenvalue weighted by Crippen LogP contribution is 2.23. The molecule has 3 aromatic rings. The van der Waals surface area contributed by atoms with Crippen LogP contribution in [0.15, 0.2) is 54.9 Å². The van der Waals surface area contributed by atoms with Gasteiger partial charge in [-0.1, -0.05) is 30.3 Å². The van der Waals surface area contributed by atoms with Crippen LogP contribution in [-0.4, -0.2) is 21.0 Å². The maximum atomic E-state index is 11.0. The Hall–Kier alpha value is -2.95. The molecule has 0 aliphatic carbocycles. The van der Waals surface area contributed by atoms with E-state index in [1.54, 1.807) is 6.07 Å². The van der Waals surface area contributed by atoms with Gasteiger partial charge in [-0.05, 0) is 23.8 Å². The maximum absolute atomic E-state index is 11.0. The first kappa shape index (κ1) is 13.1. The molecule has 0 aliphatic heterocycles. The fourth-order valence-electron chi connectivity index (χ4n) is 2.01. The molecule has 5 heteroatoms. The van der Waals surface area contributed by atoms with Gasteiger partial charge in [-0.25, -0.2) is 14.8 Å². The van der Waals surface area contributed by atoms with Gasteiger partial charge in [-0.2, -0.15) is 0 Å². The summed E-state index contributed by atoms with van der Waals surface area (Å²) >= 11 is 0. The average molecular weight is 280 g/mol. The lowest BCUT2D eigenvalue weighted by Gasteiger charge is -2.08. The molecule has 0 bridgehead atoms. The molecule has 3 rings (SSSR count). The lowest BCUT2D eigenvalue weighted by atomic mass is 10.1. The fourth-order valence-corrected chi connectivity index (χ4v) is 2.01. The van der Waals surface area contributed by atoms with Crippen LogP contribution in [0.4, 0.5) is 0 Å². The predicted octanol–water partition coefficient (Wildman–Crippen LogP) is 2.91. The van der Waals surface area contributed by atoms with Crippen LogP contribution in [0.1, 0.15) is 15.9 Å². The highest BCUT2D eigenvalue weighted by atomic mass is 16.5. The van der Waals surface area contributed by atoms with Crippen molar-refractivity contribution in [2.45, 2.75) is 6.61 Å². The largest absolute Gasteiger partial charge is 0.478 e. The Morgan fingerprint density at radius 2 is 1.90 bits per heavy atom. The van der Waals surface area contributed by atoms with Gasteiger partial charge in [0.1, 0.15) is 12.9 Å². The minimum atomic E-state index is -0.984. The summed E-state index contributed by atoms with van der Waals surface area (Å²) in [4.78, 5) is 19.2. The third-order valence-corrected chi connectivity index (χ3v) is 3.07. The Kier molecular flexibility index (Phi) is 3.47. The first-order valence-corrected chi connectivity index (χ1v) is 6.39. The molecule has 2 aromatic carbocycles. The molecule has 0 amide bonds. The Morgan fingerprint density at radius 1 is 1.10 bits per heavy atom. The summed E-state index contributed by atoms with van der Waals surface area (Å²) in [6.45, 7) is 0.396. The molecular weight excluding hydrogens is 268 g/mol. The van der Waals surface area contributed by atoms with E-state index in [1.165, 1.54) is 18.5 Å². The predicted molar refractivity (Wildman–Crippen MR) is 77.3 cm³/mol. The summed E-state index contributed by atoms with van der Waals surface area (Å²) in [7, 11) is 0. The highest BCUT2D eigenvalue weighted by Gasteiger charge is 2.09. The van der Waals surface area contributed by atoms with Crippen LogP contribution in [0.5, 0.6) is 5.88 Å². The number of fused-ring (bicyclic) bond motifs is 1. The van der Waals surface area contributed by atoms with Crippen LogP contribution < -0.4 is 4.74 Å². The molecule has 0 fully saturated rings. The normalized spacial score (nSPS) is 10.5. The van der Waals surface area contributed by atoms with E-state index in [1.807, 2.05) is 30.3 Å². The number of carboxylic acids is 1. The molecule has 0 saturated carbocycles. The van der Waals surface area contributed by atoms with Gasteiger partial charge in [0.15, 0.2) is 0 Å². The monoisotopic (exact) mass is 280 g/mol. The van der Waals surface area contributed by atoms with Gasteiger partial charge in [0, 0.05) is 0 Å². The van der Waals surface area contributed by atoms with Crippen LogP contribution in [0.25, 0.3) is 10.9 Å². The van der Waals surface area contributed by atoms with Crippen LogP contribution in [0.2, 0.25) is 0 Å². The second-order valence-electron chi connectivity index (χ2n) is 4.49. The lowest BCUT2D eigenvalue weighted by molar-refractivity contribution is 0.0697. The van der Waals surface area contributed by atoms with Crippen LogP contribution in [0, 0.1) is 0 Å². The van der Waals surface area contributed by atoms with Crippen molar-refractivity contribution in [3.63, 3.8) is 0 Å². The zero-order chi connectivity index (χ0) is 14.7. The fraction of sp³-hybridized carbons (Fsp3) is 0.0625. The summed E-state index contributed by atoms with van der Waals surface area (Å²) in [5.74, 6) is -0.539. The SMILES string of the molecule is O=C(O)c1ccc2c(OCc3ccccc3)ncnc2c1. The summed E-state index contributed by atoms with van der Waals surface area (Å²) in [5.41, 5.74) is 1.77. The van der Waals surface area contributed by atoms with Crippen molar-refractivity contribution in [1.29, 1.82) is 0 Å². The second kappa shape index (κ2) is 5.58. The van der Waals surface area contributed by atoms with Gasteiger partial charge in [-0.15, -0.1) is 0 Å². The quantitative estimate of drug-likeness (QED) is 0.795. The lowest BCUT2D eigenvalue weighted by Crippen LogP contribution is -2.00. The summed E-state index contributed by atoms with van der Waals surface area (Å²) in [5, 5.41) is 9.68. The molecule has 0 spiro atoms. The summed E-state index contributed by atoms with van der Waals surface area (Å²) in [6, 6.07) is 14.4. The van der Waals surface area contributed by atoms with Crippen molar-refractivity contribution in [3.05, 3.63) is 66.0 Å². The third kappa shape index (κ3) is 2.81. The molecule has 1 N–H and O–H groups in total. The van der Waals surface area contributed by atoms with Crippen molar-refractivity contribution in [3.8, 4) is 5.88 Å².